The van der Waals surface area contributed by atoms with Gasteiger partial charge in [-0.2, -0.15) is 0 Å². The molecule has 32 heavy (non-hydrogen) atoms. The van der Waals surface area contributed by atoms with Gasteiger partial charge in [-0.3, -0.25) is 9.69 Å². The second kappa shape index (κ2) is 8.88. The number of aliphatic imine (C=N–C) groups is 1. The molecule has 0 atom stereocenters. The van der Waals surface area contributed by atoms with Crippen LogP contribution in [-0.2, 0) is 11.2 Å². The minimum atomic E-state index is 0.0268. The number of carbonyl (C=O) groups excluding carboxylic acids is 1. The Hall–Kier alpha value is -2.96. The number of hydrogen-bond donors (Lipinski definition) is 0. The number of hydrogen-bond acceptors (Lipinski definition) is 5. The van der Waals surface area contributed by atoms with Crippen LogP contribution in [0.2, 0.25) is 0 Å². The number of carbonyl (C=O) groups is 1. The maximum absolute atomic E-state index is 13.6. The van der Waals surface area contributed by atoms with E-state index in [0.717, 1.165) is 32.9 Å². The predicted molar refractivity (Wildman–Crippen MR) is 135 cm³/mol. The van der Waals surface area contributed by atoms with E-state index in [2.05, 4.69) is 36.1 Å². The molecule has 4 nitrogen and oxygen atoms in total. The average molecular weight is 458 g/mol. The molecule has 3 aromatic rings. The molecule has 2 heterocycles. The van der Waals surface area contributed by atoms with E-state index in [1.54, 1.807) is 11.8 Å². The van der Waals surface area contributed by atoms with Crippen molar-refractivity contribution in [2.24, 2.45) is 4.99 Å². The average Bonchev–Trinajstić information content (AvgIpc) is 3.31. The summed E-state index contributed by atoms with van der Waals surface area (Å²) in [5.41, 5.74) is 4.39. The molecule has 2 aliphatic rings. The Labute approximate surface area is 197 Å². The first-order valence-corrected chi connectivity index (χ1v) is 12.2. The molecule has 0 aromatic heterocycles. The molecule has 0 bridgehead atoms. The quantitative estimate of drug-likeness (QED) is 0.436. The summed E-state index contributed by atoms with van der Waals surface area (Å²) in [6, 6.07) is 26.6. The first kappa shape index (κ1) is 20.9. The van der Waals surface area contributed by atoms with Crippen molar-refractivity contribution in [3.63, 3.8) is 0 Å². The first-order chi connectivity index (χ1) is 15.6. The highest BCUT2D eigenvalue weighted by Gasteiger charge is 2.38. The van der Waals surface area contributed by atoms with Crippen LogP contribution in [0.3, 0.4) is 0 Å². The van der Waals surface area contributed by atoms with Crippen LogP contribution in [-0.4, -0.2) is 29.6 Å². The smallest absolute Gasteiger partial charge is 0.269 e. The van der Waals surface area contributed by atoms with Gasteiger partial charge in [-0.15, -0.1) is 0 Å². The summed E-state index contributed by atoms with van der Waals surface area (Å²) in [5, 5.41) is 1.71. The van der Waals surface area contributed by atoms with E-state index in [1.807, 2.05) is 66.5 Å². The number of aryl methyl sites for hydroxylation is 1. The minimum Gasteiger partial charge on any atom is -0.337 e. The van der Waals surface area contributed by atoms with Crippen LogP contribution in [0.15, 0.2) is 98.7 Å². The highest BCUT2D eigenvalue weighted by Crippen LogP contribution is 2.50. The lowest BCUT2D eigenvalue weighted by Gasteiger charge is -2.16. The fraction of sp³-hybridized carbons (Fsp3) is 0.154. The number of fused-ring (bicyclic) bond motifs is 1. The Kier molecular flexibility index (Phi) is 5.81. The molecule has 0 N–H and O–H groups in total. The van der Waals surface area contributed by atoms with Gasteiger partial charge in [0, 0.05) is 18.5 Å². The molecule has 0 spiro atoms. The van der Waals surface area contributed by atoms with Crippen molar-refractivity contribution in [1.82, 2.24) is 4.90 Å². The van der Waals surface area contributed by atoms with Crippen LogP contribution >= 0.6 is 23.5 Å². The molecule has 3 aromatic carbocycles. The van der Waals surface area contributed by atoms with Crippen LogP contribution in [0.4, 0.5) is 11.4 Å². The minimum absolute atomic E-state index is 0.0268. The van der Waals surface area contributed by atoms with Crippen LogP contribution in [0.5, 0.6) is 0 Å². The fourth-order valence-corrected chi connectivity index (χ4v) is 6.10. The summed E-state index contributed by atoms with van der Waals surface area (Å²) in [5.74, 6) is 0.0268. The number of amidine groups is 1. The second-order valence-corrected chi connectivity index (χ2v) is 9.80. The molecule has 2 aliphatic heterocycles. The van der Waals surface area contributed by atoms with Crippen LogP contribution in [0.1, 0.15) is 11.1 Å². The van der Waals surface area contributed by atoms with Gasteiger partial charge in [0.25, 0.3) is 5.91 Å². The third kappa shape index (κ3) is 4.08. The van der Waals surface area contributed by atoms with E-state index in [4.69, 9.17) is 4.99 Å². The number of nitrogens with zero attached hydrogens (tertiary/aromatic N) is 3. The number of amides is 1. The third-order valence-corrected chi connectivity index (χ3v) is 7.95. The van der Waals surface area contributed by atoms with Gasteiger partial charge in [0.1, 0.15) is 4.91 Å². The molecule has 0 radical (unpaired) electrons. The molecular weight excluding hydrogens is 434 g/mol. The van der Waals surface area contributed by atoms with Gasteiger partial charge in [0.15, 0.2) is 5.17 Å². The SMILES string of the molecule is Cc1ccc(N=C2S/C(=C3\Sc4ccccc4N3C)C(=O)N2CCc2ccccc2)cc1. The highest BCUT2D eigenvalue weighted by atomic mass is 32.2. The first-order valence-electron chi connectivity index (χ1n) is 10.5. The van der Waals surface area contributed by atoms with Crippen molar-refractivity contribution >= 4 is 46.0 Å². The molecule has 1 saturated heterocycles. The van der Waals surface area contributed by atoms with Crippen molar-refractivity contribution in [2.75, 3.05) is 18.5 Å². The number of para-hydroxylation sites is 1. The van der Waals surface area contributed by atoms with Crippen LogP contribution < -0.4 is 4.90 Å². The summed E-state index contributed by atoms with van der Waals surface area (Å²) < 4.78 is 0. The fourth-order valence-electron chi connectivity index (χ4n) is 3.73. The maximum Gasteiger partial charge on any atom is 0.269 e. The van der Waals surface area contributed by atoms with Crippen LogP contribution in [0.25, 0.3) is 0 Å². The van der Waals surface area contributed by atoms with Gasteiger partial charge in [0.2, 0.25) is 0 Å². The van der Waals surface area contributed by atoms with Gasteiger partial charge in [0.05, 0.1) is 16.4 Å². The zero-order chi connectivity index (χ0) is 22.1. The highest BCUT2D eigenvalue weighted by molar-refractivity contribution is 8.19. The largest absolute Gasteiger partial charge is 0.337 e. The third-order valence-electron chi connectivity index (χ3n) is 5.52. The van der Waals surface area contributed by atoms with E-state index >= 15 is 0 Å². The standard InChI is InChI=1S/C26H23N3OS2/c1-18-12-14-20(15-13-18)27-26-29(17-16-19-8-4-3-5-9-19)24(30)23(32-26)25-28(2)21-10-6-7-11-22(21)31-25/h3-15H,16-17H2,1-2H3/b25-23-,27-26?. The number of rotatable bonds is 4. The maximum atomic E-state index is 13.6. The number of benzene rings is 3. The van der Waals surface area contributed by atoms with E-state index < -0.39 is 0 Å². The second-order valence-electron chi connectivity index (χ2n) is 7.79. The van der Waals surface area contributed by atoms with Crippen molar-refractivity contribution in [2.45, 2.75) is 18.2 Å². The Balaban J connectivity index is 1.49. The Morgan fingerprint density at radius 1 is 0.875 bits per heavy atom. The molecular formula is C26H23N3OS2. The predicted octanol–water partition coefficient (Wildman–Crippen LogP) is 6.21. The van der Waals surface area contributed by atoms with Crippen molar-refractivity contribution in [3.05, 3.63) is 99.9 Å². The normalized spacial score (nSPS) is 19.2. The Bertz CT molecular complexity index is 1220. The Morgan fingerprint density at radius 3 is 2.34 bits per heavy atom. The van der Waals surface area contributed by atoms with Crippen molar-refractivity contribution in [3.8, 4) is 0 Å². The van der Waals surface area contributed by atoms with E-state index in [9.17, 15) is 4.79 Å². The molecule has 160 valence electrons. The zero-order valence-corrected chi connectivity index (χ0v) is 19.6. The van der Waals surface area contributed by atoms with Gasteiger partial charge in [-0.05, 0) is 54.9 Å². The van der Waals surface area contributed by atoms with E-state index in [1.165, 1.54) is 27.8 Å². The van der Waals surface area contributed by atoms with Crippen LogP contribution in [0, 0.1) is 6.92 Å². The molecule has 1 amide bonds. The summed E-state index contributed by atoms with van der Waals surface area (Å²) >= 11 is 3.13. The molecule has 0 saturated carbocycles. The summed E-state index contributed by atoms with van der Waals surface area (Å²) in [4.78, 5) is 24.3. The summed E-state index contributed by atoms with van der Waals surface area (Å²) in [6.07, 6.45) is 0.784. The molecule has 1 fully saturated rings. The van der Waals surface area contributed by atoms with E-state index in [0.29, 0.717) is 6.54 Å². The number of anilines is 1. The Morgan fingerprint density at radius 2 is 1.59 bits per heavy atom. The van der Waals surface area contributed by atoms with Gasteiger partial charge < -0.3 is 4.90 Å². The lowest BCUT2D eigenvalue weighted by atomic mass is 10.1. The lowest BCUT2D eigenvalue weighted by Crippen LogP contribution is -2.31. The molecule has 5 rings (SSSR count). The summed E-state index contributed by atoms with van der Waals surface area (Å²) in [6.45, 7) is 2.66. The lowest BCUT2D eigenvalue weighted by molar-refractivity contribution is -0.122. The molecule has 6 heteroatoms. The van der Waals surface area contributed by atoms with Gasteiger partial charge in [-0.1, -0.05) is 71.9 Å². The summed E-state index contributed by atoms with van der Waals surface area (Å²) in [7, 11) is 2.03. The van der Waals surface area contributed by atoms with Crippen molar-refractivity contribution in [1.29, 1.82) is 0 Å². The molecule has 0 unspecified atom stereocenters. The molecule has 0 aliphatic carbocycles. The topological polar surface area (TPSA) is 35.9 Å². The van der Waals surface area contributed by atoms with Gasteiger partial charge >= 0.3 is 0 Å². The number of thioether (sulfide) groups is 2. The zero-order valence-electron chi connectivity index (χ0n) is 18.0. The van der Waals surface area contributed by atoms with Gasteiger partial charge in [-0.25, -0.2) is 4.99 Å². The van der Waals surface area contributed by atoms with E-state index in [-0.39, 0.29) is 5.91 Å². The van der Waals surface area contributed by atoms with Crippen molar-refractivity contribution < 1.29 is 4.79 Å². The monoisotopic (exact) mass is 457 g/mol.